The predicted molar refractivity (Wildman–Crippen MR) is 80.3 cm³/mol. The Bertz CT molecular complexity index is 352. The van der Waals surface area contributed by atoms with E-state index in [1.807, 2.05) is 7.05 Å². The standard InChI is InChI=1S/C17H27NO/c1-14-3-9-17(10-4-14)19-13-16-7-5-15(6-8-16)11-12-18-2/h5-8,14,17-18H,3-4,9-13H2,1-2H3. The van der Waals surface area contributed by atoms with Gasteiger partial charge in [-0.05, 0) is 62.7 Å². The Kier molecular flexibility index (Phi) is 5.87. The molecule has 19 heavy (non-hydrogen) atoms. The normalized spacial score (nSPS) is 23.5. The maximum atomic E-state index is 6.03. The fourth-order valence-corrected chi connectivity index (χ4v) is 2.68. The number of hydrogen-bond donors (Lipinski definition) is 1. The average Bonchev–Trinajstić information content (AvgIpc) is 2.46. The first-order valence-corrected chi connectivity index (χ1v) is 7.62. The van der Waals surface area contributed by atoms with Crippen LogP contribution in [0.1, 0.15) is 43.7 Å². The summed E-state index contributed by atoms with van der Waals surface area (Å²) >= 11 is 0. The number of likely N-dealkylation sites (N-methyl/N-ethyl adjacent to an activating group) is 1. The monoisotopic (exact) mass is 261 g/mol. The van der Waals surface area contributed by atoms with Crippen molar-refractivity contribution in [2.75, 3.05) is 13.6 Å². The third-order valence-electron chi connectivity index (χ3n) is 4.14. The second kappa shape index (κ2) is 7.66. The Hall–Kier alpha value is -0.860. The lowest BCUT2D eigenvalue weighted by atomic mass is 9.89. The second-order valence-electron chi connectivity index (χ2n) is 5.86. The zero-order chi connectivity index (χ0) is 13.5. The van der Waals surface area contributed by atoms with E-state index in [9.17, 15) is 0 Å². The van der Waals surface area contributed by atoms with Crippen LogP contribution in [0.2, 0.25) is 0 Å². The van der Waals surface area contributed by atoms with Crippen LogP contribution < -0.4 is 5.32 Å². The van der Waals surface area contributed by atoms with Crippen LogP contribution in [0.4, 0.5) is 0 Å². The Balaban J connectivity index is 1.73. The molecule has 1 aliphatic rings. The molecular formula is C17H27NO. The van der Waals surface area contributed by atoms with Crippen molar-refractivity contribution in [3.05, 3.63) is 35.4 Å². The van der Waals surface area contributed by atoms with E-state index in [0.717, 1.165) is 25.5 Å². The molecule has 1 fully saturated rings. The van der Waals surface area contributed by atoms with Crippen LogP contribution in [-0.4, -0.2) is 19.7 Å². The molecule has 0 atom stereocenters. The lowest BCUT2D eigenvalue weighted by molar-refractivity contribution is 0.00877. The zero-order valence-electron chi connectivity index (χ0n) is 12.3. The number of nitrogens with one attached hydrogen (secondary N) is 1. The molecule has 0 aliphatic heterocycles. The van der Waals surface area contributed by atoms with Gasteiger partial charge in [0.15, 0.2) is 0 Å². The molecule has 1 aromatic carbocycles. The Morgan fingerprint density at radius 1 is 1.05 bits per heavy atom. The topological polar surface area (TPSA) is 21.3 Å². The minimum Gasteiger partial charge on any atom is -0.374 e. The largest absolute Gasteiger partial charge is 0.374 e. The van der Waals surface area contributed by atoms with Crippen LogP contribution in [0.5, 0.6) is 0 Å². The maximum Gasteiger partial charge on any atom is 0.0720 e. The minimum atomic E-state index is 0.486. The Morgan fingerprint density at radius 3 is 2.32 bits per heavy atom. The molecule has 1 aromatic rings. The predicted octanol–water partition coefficient (Wildman–Crippen LogP) is 3.54. The number of benzene rings is 1. The van der Waals surface area contributed by atoms with E-state index in [1.165, 1.54) is 36.8 Å². The van der Waals surface area contributed by atoms with E-state index in [0.29, 0.717) is 6.10 Å². The van der Waals surface area contributed by atoms with Crippen molar-refractivity contribution in [2.45, 2.75) is 51.7 Å². The van der Waals surface area contributed by atoms with Gasteiger partial charge in [-0.3, -0.25) is 0 Å². The fourth-order valence-electron chi connectivity index (χ4n) is 2.68. The van der Waals surface area contributed by atoms with Gasteiger partial charge in [0.25, 0.3) is 0 Å². The number of rotatable bonds is 6. The molecule has 0 radical (unpaired) electrons. The first-order chi connectivity index (χ1) is 9.28. The quantitative estimate of drug-likeness (QED) is 0.845. The molecule has 0 spiro atoms. The molecular weight excluding hydrogens is 234 g/mol. The zero-order valence-corrected chi connectivity index (χ0v) is 12.3. The molecule has 1 aliphatic carbocycles. The summed E-state index contributed by atoms with van der Waals surface area (Å²) in [5.41, 5.74) is 2.69. The van der Waals surface area contributed by atoms with Crippen molar-refractivity contribution < 1.29 is 4.74 Å². The highest BCUT2D eigenvalue weighted by atomic mass is 16.5. The lowest BCUT2D eigenvalue weighted by Gasteiger charge is -2.26. The van der Waals surface area contributed by atoms with E-state index < -0.39 is 0 Å². The average molecular weight is 261 g/mol. The molecule has 0 heterocycles. The summed E-state index contributed by atoms with van der Waals surface area (Å²) in [6, 6.07) is 8.85. The summed E-state index contributed by atoms with van der Waals surface area (Å²) < 4.78 is 6.03. The summed E-state index contributed by atoms with van der Waals surface area (Å²) in [5, 5.41) is 3.18. The molecule has 106 valence electrons. The molecule has 2 nitrogen and oxygen atoms in total. The molecule has 1 N–H and O–H groups in total. The van der Waals surface area contributed by atoms with Crippen LogP contribution >= 0.6 is 0 Å². The van der Waals surface area contributed by atoms with Gasteiger partial charge in [0, 0.05) is 0 Å². The smallest absolute Gasteiger partial charge is 0.0720 e. The third kappa shape index (κ3) is 4.96. The summed E-state index contributed by atoms with van der Waals surface area (Å²) in [6.07, 6.45) is 6.71. The third-order valence-corrected chi connectivity index (χ3v) is 4.14. The summed E-state index contributed by atoms with van der Waals surface area (Å²) in [4.78, 5) is 0. The van der Waals surface area contributed by atoms with Gasteiger partial charge in [0.05, 0.1) is 12.7 Å². The van der Waals surface area contributed by atoms with Gasteiger partial charge in [-0.25, -0.2) is 0 Å². The molecule has 1 saturated carbocycles. The molecule has 0 unspecified atom stereocenters. The fraction of sp³-hybridized carbons (Fsp3) is 0.647. The van der Waals surface area contributed by atoms with E-state index >= 15 is 0 Å². The highest BCUT2D eigenvalue weighted by Gasteiger charge is 2.18. The van der Waals surface area contributed by atoms with Gasteiger partial charge in [-0.15, -0.1) is 0 Å². The van der Waals surface area contributed by atoms with Gasteiger partial charge < -0.3 is 10.1 Å². The van der Waals surface area contributed by atoms with E-state index in [1.54, 1.807) is 0 Å². The first kappa shape index (κ1) is 14.5. The van der Waals surface area contributed by atoms with Crippen molar-refractivity contribution in [3.8, 4) is 0 Å². The van der Waals surface area contributed by atoms with Crippen LogP contribution in [0.15, 0.2) is 24.3 Å². The van der Waals surface area contributed by atoms with Crippen LogP contribution in [0.25, 0.3) is 0 Å². The molecule has 0 saturated heterocycles. The highest BCUT2D eigenvalue weighted by Crippen LogP contribution is 2.26. The summed E-state index contributed by atoms with van der Waals surface area (Å²) in [5.74, 6) is 0.895. The van der Waals surface area contributed by atoms with Gasteiger partial charge in [-0.1, -0.05) is 31.2 Å². The first-order valence-electron chi connectivity index (χ1n) is 7.62. The number of ether oxygens (including phenoxy) is 1. The second-order valence-corrected chi connectivity index (χ2v) is 5.86. The molecule has 0 aromatic heterocycles. The lowest BCUT2D eigenvalue weighted by Crippen LogP contribution is -2.20. The molecule has 0 amide bonds. The van der Waals surface area contributed by atoms with Crippen molar-refractivity contribution >= 4 is 0 Å². The van der Waals surface area contributed by atoms with Crippen LogP contribution in [-0.2, 0) is 17.8 Å². The van der Waals surface area contributed by atoms with Crippen LogP contribution in [0, 0.1) is 5.92 Å². The minimum absolute atomic E-state index is 0.486. The van der Waals surface area contributed by atoms with Crippen molar-refractivity contribution in [3.63, 3.8) is 0 Å². The van der Waals surface area contributed by atoms with Crippen LogP contribution in [0.3, 0.4) is 0 Å². The molecule has 2 heteroatoms. The van der Waals surface area contributed by atoms with Gasteiger partial charge >= 0.3 is 0 Å². The summed E-state index contributed by atoms with van der Waals surface area (Å²) in [6.45, 7) is 4.15. The molecule has 0 bridgehead atoms. The van der Waals surface area contributed by atoms with Gasteiger partial charge in [0.2, 0.25) is 0 Å². The highest BCUT2D eigenvalue weighted by molar-refractivity contribution is 5.22. The Morgan fingerprint density at radius 2 is 1.68 bits per heavy atom. The SMILES string of the molecule is CNCCc1ccc(COC2CCC(C)CC2)cc1. The Labute approximate surface area is 117 Å². The van der Waals surface area contributed by atoms with E-state index in [4.69, 9.17) is 4.74 Å². The maximum absolute atomic E-state index is 6.03. The van der Waals surface area contributed by atoms with Gasteiger partial charge in [0.1, 0.15) is 0 Å². The number of hydrogen-bond acceptors (Lipinski definition) is 2. The molecule has 2 rings (SSSR count). The van der Waals surface area contributed by atoms with Gasteiger partial charge in [-0.2, -0.15) is 0 Å². The van der Waals surface area contributed by atoms with Crippen molar-refractivity contribution in [2.24, 2.45) is 5.92 Å². The van der Waals surface area contributed by atoms with Crippen molar-refractivity contribution in [1.82, 2.24) is 5.32 Å². The van der Waals surface area contributed by atoms with E-state index in [-0.39, 0.29) is 0 Å². The van der Waals surface area contributed by atoms with Crippen molar-refractivity contribution in [1.29, 1.82) is 0 Å². The summed E-state index contributed by atoms with van der Waals surface area (Å²) in [7, 11) is 1.99. The van der Waals surface area contributed by atoms with E-state index in [2.05, 4.69) is 36.5 Å².